The van der Waals surface area contributed by atoms with Crippen molar-refractivity contribution in [3.63, 3.8) is 0 Å². The monoisotopic (exact) mass is 393 g/mol. The van der Waals surface area contributed by atoms with Crippen LogP contribution in [0.15, 0.2) is 30.3 Å². The molecule has 1 aliphatic carbocycles. The van der Waals surface area contributed by atoms with Crippen molar-refractivity contribution < 1.29 is 9.59 Å². The molecule has 2 heterocycles. The molecule has 1 atom stereocenters. The number of rotatable bonds is 5. The Hall–Kier alpha value is -2.73. The summed E-state index contributed by atoms with van der Waals surface area (Å²) < 4.78 is 0. The first kappa shape index (κ1) is 18.6. The van der Waals surface area contributed by atoms with Crippen molar-refractivity contribution in [1.82, 2.24) is 10.3 Å². The van der Waals surface area contributed by atoms with Gasteiger partial charge in [-0.2, -0.15) is 0 Å². The highest BCUT2D eigenvalue weighted by Gasteiger charge is 2.24. The summed E-state index contributed by atoms with van der Waals surface area (Å²) in [5.41, 5.74) is 11.3. The molecule has 0 unspecified atom stereocenters. The number of hydrogen-bond donors (Lipinski definition) is 2. The van der Waals surface area contributed by atoms with E-state index >= 15 is 0 Å². The number of nitrogens with zero attached hydrogens (tertiary/aromatic N) is 1. The second-order valence-corrected chi connectivity index (χ2v) is 8.47. The van der Waals surface area contributed by atoms with E-state index in [-0.39, 0.29) is 17.6 Å². The van der Waals surface area contributed by atoms with Crippen LogP contribution in [0.4, 0.5) is 5.69 Å². The van der Waals surface area contributed by atoms with Crippen LogP contribution in [0.2, 0.25) is 0 Å². The van der Waals surface area contributed by atoms with Crippen LogP contribution in [0.1, 0.15) is 39.0 Å². The van der Waals surface area contributed by atoms with E-state index < -0.39 is 0 Å². The van der Waals surface area contributed by atoms with E-state index in [1.54, 1.807) is 6.92 Å². The smallest absolute Gasteiger partial charge is 0.263 e. The number of nitrogen functional groups attached to an aromatic ring is 1. The summed E-state index contributed by atoms with van der Waals surface area (Å²) in [6.07, 6.45) is 2.42. The number of anilines is 1. The lowest BCUT2D eigenvalue weighted by atomic mass is 10.0. The van der Waals surface area contributed by atoms with Gasteiger partial charge in [0, 0.05) is 23.5 Å². The second-order valence-electron chi connectivity index (χ2n) is 7.47. The number of pyridine rings is 1. The predicted octanol–water partition coefficient (Wildman–Crippen LogP) is 3.46. The number of nitrogens with two attached hydrogens (primary N) is 1. The first-order valence-electron chi connectivity index (χ1n) is 9.47. The Balaban J connectivity index is 1.40. The minimum Gasteiger partial charge on any atom is -0.397 e. The standard InChI is InChI=1S/C22H23N3O2S/c1-12-3-6-18-19(23)20(28-22(18)25-12)21(27)24-8-7-14-4-5-15-10-16(13(2)26)11-17(15)9-14/h3-6,9,16H,7-8,10-11,23H2,1-2H3,(H,24,27)/t16-/m1/s1. The Morgan fingerprint density at radius 1 is 1.21 bits per heavy atom. The van der Waals surface area contributed by atoms with Crippen molar-refractivity contribution in [3.8, 4) is 0 Å². The van der Waals surface area contributed by atoms with Crippen LogP contribution >= 0.6 is 11.3 Å². The summed E-state index contributed by atoms with van der Waals surface area (Å²) >= 11 is 1.33. The van der Waals surface area contributed by atoms with Crippen LogP contribution in [0.3, 0.4) is 0 Å². The molecule has 144 valence electrons. The van der Waals surface area contributed by atoms with Crippen LogP contribution in [-0.4, -0.2) is 23.2 Å². The van der Waals surface area contributed by atoms with Crippen LogP contribution < -0.4 is 11.1 Å². The van der Waals surface area contributed by atoms with Gasteiger partial charge in [0.2, 0.25) is 0 Å². The van der Waals surface area contributed by atoms with Crippen LogP contribution in [0.5, 0.6) is 0 Å². The van der Waals surface area contributed by atoms with Gasteiger partial charge in [-0.15, -0.1) is 11.3 Å². The number of aryl methyl sites for hydroxylation is 1. The number of benzene rings is 1. The fourth-order valence-corrected chi connectivity index (χ4v) is 4.83. The number of ketones is 1. The molecule has 2 aromatic heterocycles. The topological polar surface area (TPSA) is 85.1 Å². The molecule has 1 aliphatic rings. The molecule has 3 N–H and O–H groups in total. The number of aromatic nitrogens is 1. The quantitative estimate of drug-likeness (QED) is 0.695. The van der Waals surface area contributed by atoms with Crippen molar-refractivity contribution in [2.75, 3.05) is 12.3 Å². The van der Waals surface area contributed by atoms with Gasteiger partial charge >= 0.3 is 0 Å². The molecule has 1 aromatic carbocycles. The Morgan fingerprint density at radius 3 is 2.79 bits per heavy atom. The fraction of sp³-hybridized carbons (Fsp3) is 0.318. The number of nitrogens with one attached hydrogen (secondary N) is 1. The van der Waals surface area contributed by atoms with Crippen molar-refractivity contribution in [1.29, 1.82) is 0 Å². The molecule has 4 rings (SSSR count). The summed E-state index contributed by atoms with van der Waals surface area (Å²) in [6, 6.07) is 10.2. The van der Waals surface area contributed by atoms with Crippen molar-refractivity contribution in [3.05, 3.63) is 57.6 Å². The van der Waals surface area contributed by atoms with E-state index in [0.717, 1.165) is 35.2 Å². The largest absolute Gasteiger partial charge is 0.397 e. The van der Waals surface area contributed by atoms with E-state index in [9.17, 15) is 9.59 Å². The summed E-state index contributed by atoms with van der Waals surface area (Å²) in [6.45, 7) is 4.13. The van der Waals surface area contributed by atoms with Gasteiger partial charge in [-0.1, -0.05) is 18.2 Å². The number of hydrogen-bond acceptors (Lipinski definition) is 5. The first-order chi connectivity index (χ1) is 13.4. The van der Waals surface area contributed by atoms with Crippen LogP contribution in [0.25, 0.3) is 10.2 Å². The van der Waals surface area contributed by atoms with E-state index in [0.29, 0.717) is 17.1 Å². The van der Waals surface area contributed by atoms with E-state index in [2.05, 4.69) is 28.5 Å². The maximum absolute atomic E-state index is 12.6. The first-order valence-corrected chi connectivity index (χ1v) is 10.3. The minimum atomic E-state index is -0.157. The van der Waals surface area contributed by atoms with Gasteiger partial charge in [0.15, 0.2) is 0 Å². The zero-order valence-corrected chi connectivity index (χ0v) is 16.9. The summed E-state index contributed by atoms with van der Waals surface area (Å²) in [7, 11) is 0. The molecule has 0 saturated carbocycles. The van der Waals surface area contributed by atoms with Crippen molar-refractivity contribution >= 4 is 38.9 Å². The predicted molar refractivity (Wildman–Crippen MR) is 113 cm³/mol. The third-order valence-corrected chi connectivity index (χ3v) is 6.53. The molecule has 0 aliphatic heterocycles. The molecule has 0 spiro atoms. The highest BCUT2D eigenvalue weighted by Crippen LogP contribution is 2.32. The lowest BCUT2D eigenvalue weighted by Crippen LogP contribution is -2.25. The number of Topliss-reactive ketones (excluding diaryl/α,β-unsaturated/α-hetero) is 1. The molecular formula is C22H23N3O2S. The van der Waals surface area contributed by atoms with Crippen LogP contribution in [0, 0.1) is 12.8 Å². The van der Waals surface area contributed by atoms with Gasteiger partial charge in [-0.05, 0) is 61.9 Å². The molecule has 0 radical (unpaired) electrons. The Labute approximate surface area is 168 Å². The average molecular weight is 394 g/mol. The Kier molecular flexibility index (Phi) is 4.89. The zero-order chi connectivity index (χ0) is 19.8. The maximum atomic E-state index is 12.6. The third-order valence-electron chi connectivity index (χ3n) is 5.42. The Morgan fingerprint density at radius 2 is 2.00 bits per heavy atom. The summed E-state index contributed by atoms with van der Waals surface area (Å²) in [5, 5.41) is 3.80. The number of carbonyl (C=O) groups excluding carboxylic acids is 2. The lowest BCUT2D eigenvalue weighted by molar-refractivity contribution is -0.120. The van der Waals surface area contributed by atoms with Gasteiger partial charge in [0.05, 0.1) is 5.69 Å². The molecule has 1 amide bonds. The molecule has 6 heteroatoms. The van der Waals surface area contributed by atoms with E-state index in [4.69, 9.17) is 5.73 Å². The van der Waals surface area contributed by atoms with Gasteiger partial charge in [-0.3, -0.25) is 9.59 Å². The van der Waals surface area contributed by atoms with Crippen LogP contribution in [-0.2, 0) is 24.1 Å². The second kappa shape index (κ2) is 7.36. The van der Waals surface area contributed by atoms with Gasteiger partial charge < -0.3 is 11.1 Å². The molecule has 0 saturated heterocycles. The number of amides is 1. The fourth-order valence-electron chi connectivity index (χ4n) is 3.77. The number of thiophene rings is 1. The van der Waals surface area contributed by atoms with Gasteiger partial charge in [0.25, 0.3) is 5.91 Å². The average Bonchev–Trinajstić information content (AvgIpc) is 3.22. The van der Waals surface area contributed by atoms with E-state index in [1.807, 2.05) is 19.1 Å². The molecular weight excluding hydrogens is 370 g/mol. The van der Waals surface area contributed by atoms with Crippen molar-refractivity contribution in [2.45, 2.75) is 33.1 Å². The molecule has 5 nitrogen and oxygen atoms in total. The summed E-state index contributed by atoms with van der Waals surface area (Å²) in [5.74, 6) is 0.227. The molecule has 0 bridgehead atoms. The van der Waals surface area contributed by atoms with Gasteiger partial charge in [-0.25, -0.2) is 4.98 Å². The van der Waals surface area contributed by atoms with Gasteiger partial charge in [0.1, 0.15) is 15.5 Å². The van der Waals surface area contributed by atoms with E-state index in [1.165, 1.54) is 28.0 Å². The summed E-state index contributed by atoms with van der Waals surface area (Å²) in [4.78, 5) is 30.0. The normalized spacial score (nSPS) is 15.6. The lowest BCUT2D eigenvalue weighted by Gasteiger charge is -2.07. The molecule has 0 fully saturated rings. The SMILES string of the molecule is CC(=O)[C@@H]1Cc2ccc(CCNC(=O)c3sc4nc(C)ccc4c3N)cc2C1. The maximum Gasteiger partial charge on any atom is 0.263 e. The molecule has 3 aromatic rings. The molecule has 28 heavy (non-hydrogen) atoms. The number of carbonyl (C=O) groups is 2. The third kappa shape index (κ3) is 3.52. The number of fused-ring (bicyclic) bond motifs is 2. The Bertz CT molecular complexity index is 1090. The highest BCUT2D eigenvalue weighted by molar-refractivity contribution is 7.21. The minimum absolute atomic E-state index is 0.123. The van der Waals surface area contributed by atoms with Crippen molar-refractivity contribution in [2.24, 2.45) is 5.92 Å². The highest BCUT2D eigenvalue weighted by atomic mass is 32.1. The zero-order valence-electron chi connectivity index (χ0n) is 16.0.